The highest BCUT2D eigenvalue weighted by Gasteiger charge is 2.21. The Labute approximate surface area is 190 Å². The maximum Gasteiger partial charge on any atom is 0.255 e. The van der Waals surface area contributed by atoms with Gasteiger partial charge in [-0.15, -0.1) is 0 Å². The number of hydrogen-bond donors (Lipinski definition) is 1. The minimum Gasteiger partial charge on any atom is -0.378 e. The van der Waals surface area contributed by atoms with Gasteiger partial charge in [-0.2, -0.15) is 0 Å². The van der Waals surface area contributed by atoms with Crippen molar-refractivity contribution < 1.29 is 13.9 Å². The van der Waals surface area contributed by atoms with E-state index in [4.69, 9.17) is 16.3 Å². The first kappa shape index (κ1) is 22.2. The van der Waals surface area contributed by atoms with Crippen LogP contribution in [0.1, 0.15) is 36.1 Å². The SMILES string of the molecule is Cc1ncc(-c2nc(Nc3ccc(C(=O)N4CCOCC4)c(Cl)c3)ncc2F)n1C(C)C. The van der Waals surface area contributed by atoms with Crippen molar-refractivity contribution in [2.45, 2.75) is 26.8 Å². The lowest BCUT2D eigenvalue weighted by molar-refractivity contribution is 0.0303. The van der Waals surface area contributed by atoms with Crippen LogP contribution in [0.4, 0.5) is 16.0 Å². The van der Waals surface area contributed by atoms with Crippen molar-refractivity contribution in [1.29, 1.82) is 0 Å². The molecule has 0 saturated carbocycles. The molecule has 1 aliphatic heterocycles. The third-order valence-electron chi connectivity index (χ3n) is 5.24. The van der Waals surface area contributed by atoms with Gasteiger partial charge < -0.3 is 19.5 Å². The number of benzene rings is 1. The molecular formula is C22H24ClFN6O2. The summed E-state index contributed by atoms with van der Waals surface area (Å²) in [6.45, 7) is 7.96. The molecule has 168 valence electrons. The summed E-state index contributed by atoms with van der Waals surface area (Å²) in [7, 11) is 0. The summed E-state index contributed by atoms with van der Waals surface area (Å²) in [6, 6.07) is 5.09. The molecule has 1 fully saturated rings. The summed E-state index contributed by atoms with van der Waals surface area (Å²) < 4.78 is 21.8. The molecule has 0 spiro atoms. The number of anilines is 2. The maximum absolute atomic E-state index is 14.6. The minimum atomic E-state index is -0.540. The zero-order valence-electron chi connectivity index (χ0n) is 18.1. The van der Waals surface area contributed by atoms with E-state index in [1.165, 1.54) is 0 Å². The molecular weight excluding hydrogens is 435 g/mol. The van der Waals surface area contributed by atoms with Crippen LogP contribution in [0, 0.1) is 12.7 Å². The Morgan fingerprint density at radius 3 is 2.66 bits per heavy atom. The second-order valence-electron chi connectivity index (χ2n) is 7.77. The number of nitrogens with zero attached hydrogens (tertiary/aromatic N) is 5. The van der Waals surface area contributed by atoms with Gasteiger partial charge in [0, 0.05) is 24.8 Å². The quantitative estimate of drug-likeness (QED) is 0.615. The highest BCUT2D eigenvalue weighted by atomic mass is 35.5. The molecule has 10 heteroatoms. The van der Waals surface area contributed by atoms with Crippen LogP contribution >= 0.6 is 11.6 Å². The first-order chi connectivity index (χ1) is 15.3. The van der Waals surface area contributed by atoms with Gasteiger partial charge in [-0.05, 0) is 39.0 Å². The lowest BCUT2D eigenvalue weighted by Crippen LogP contribution is -2.40. The number of nitrogens with one attached hydrogen (secondary N) is 1. The minimum absolute atomic E-state index is 0.0913. The van der Waals surface area contributed by atoms with E-state index in [-0.39, 0.29) is 23.6 Å². The lowest BCUT2D eigenvalue weighted by atomic mass is 10.1. The average Bonchev–Trinajstić information content (AvgIpc) is 3.17. The Morgan fingerprint density at radius 2 is 1.97 bits per heavy atom. The summed E-state index contributed by atoms with van der Waals surface area (Å²) >= 11 is 6.39. The van der Waals surface area contributed by atoms with Gasteiger partial charge in [-0.1, -0.05) is 11.6 Å². The van der Waals surface area contributed by atoms with Crippen LogP contribution in [0.2, 0.25) is 5.02 Å². The fourth-order valence-electron chi connectivity index (χ4n) is 3.72. The maximum atomic E-state index is 14.6. The van der Waals surface area contributed by atoms with Crippen molar-refractivity contribution in [1.82, 2.24) is 24.4 Å². The zero-order valence-corrected chi connectivity index (χ0v) is 18.9. The highest BCUT2D eigenvalue weighted by Crippen LogP contribution is 2.28. The summed E-state index contributed by atoms with van der Waals surface area (Å²) in [6.07, 6.45) is 2.73. The lowest BCUT2D eigenvalue weighted by Gasteiger charge is -2.27. The molecule has 4 rings (SSSR count). The van der Waals surface area contributed by atoms with Crippen molar-refractivity contribution in [2.24, 2.45) is 0 Å². The first-order valence-corrected chi connectivity index (χ1v) is 10.7. The van der Waals surface area contributed by atoms with Crippen LogP contribution in [0.5, 0.6) is 0 Å². The van der Waals surface area contributed by atoms with Crippen LogP contribution < -0.4 is 5.32 Å². The summed E-state index contributed by atoms with van der Waals surface area (Å²) in [5, 5.41) is 3.34. The smallest absolute Gasteiger partial charge is 0.255 e. The Balaban J connectivity index is 1.58. The molecule has 2 aromatic heterocycles. The third kappa shape index (κ3) is 4.44. The summed E-state index contributed by atoms with van der Waals surface area (Å²) in [5.74, 6) is 0.304. The van der Waals surface area contributed by atoms with Gasteiger partial charge in [0.05, 0.1) is 41.9 Å². The van der Waals surface area contributed by atoms with Crippen LogP contribution in [-0.2, 0) is 4.74 Å². The van der Waals surface area contributed by atoms with Gasteiger partial charge >= 0.3 is 0 Å². The Kier molecular flexibility index (Phi) is 6.38. The van der Waals surface area contributed by atoms with Crippen LogP contribution in [0.3, 0.4) is 0 Å². The standard InChI is InChI=1S/C22H24ClFN6O2/c1-13(2)30-14(3)25-12-19(30)20-18(24)11-26-22(28-20)27-15-4-5-16(17(23)10-15)21(31)29-6-8-32-9-7-29/h4-5,10-13H,6-9H2,1-3H3,(H,26,27,28). The fourth-order valence-corrected chi connectivity index (χ4v) is 3.98. The average molecular weight is 459 g/mol. The molecule has 1 aliphatic rings. The molecule has 1 N–H and O–H groups in total. The van der Waals surface area contributed by atoms with E-state index in [0.29, 0.717) is 48.3 Å². The van der Waals surface area contributed by atoms with Gasteiger partial charge in [0.25, 0.3) is 5.91 Å². The van der Waals surface area contributed by atoms with E-state index in [0.717, 1.165) is 12.0 Å². The number of amides is 1. The molecule has 0 unspecified atom stereocenters. The molecule has 8 nitrogen and oxygen atoms in total. The number of rotatable bonds is 5. The predicted molar refractivity (Wildman–Crippen MR) is 120 cm³/mol. The molecule has 0 aliphatic carbocycles. The van der Waals surface area contributed by atoms with Crippen molar-refractivity contribution in [2.75, 3.05) is 31.6 Å². The number of ether oxygens (including phenoxy) is 1. The number of imidazole rings is 1. The second-order valence-corrected chi connectivity index (χ2v) is 8.18. The normalized spacial score (nSPS) is 14.1. The number of halogens is 2. The molecule has 0 bridgehead atoms. The van der Waals surface area contributed by atoms with Crippen LogP contribution in [0.25, 0.3) is 11.4 Å². The second kappa shape index (κ2) is 9.22. The Morgan fingerprint density at radius 1 is 1.22 bits per heavy atom. The van der Waals surface area contributed by atoms with Crippen molar-refractivity contribution in [3.05, 3.63) is 52.8 Å². The van der Waals surface area contributed by atoms with E-state index in [9.17, 15) is 9.18 Å². The van der Waals surface area contributed by atoms with Gasteiger partial charge in [-0.3, -0.25) is 4.79 Å². The molecule has 1 amide bonds. The third-order valence-corrected chi connectivity index (χ3v) is 5.55. The number of carbonyl (C=O) groups is 1. The van der Waals surface area contributed by atoms with E-state index in [1.807, 2.05) is 25.3 Å². The Hall–Kier alpha value is -3.04. The fraction of sp³-hybridized carbons (Fsp3) is 0.364. The zero-order chi connectivity index (χ0) is 22.8. The Bertz CT molecular complexity index is 1140. The number of morpholine rings is 1. The van der Waals surface area contributed by atoms with Crippen molar-refractivity contribution in [3.63, 3.8) is 0 Å². The molecule has 0 radical (unpaired) electrons. The predicted octanol–water partition coefficient (Wildman–Crippen LogP) is 4.24. The van der Waals surface area contributed by atoms with E-state index >= 15 is 0 Å². The van der Waals surface area contributed by atoms with Crippen molar-refractivity contribution in [3.8, 4) is 11.4 Å². The number of carbonyl (C=O) groups excluding carboxylic acids is 1. The summed E-state index contributed by atoms with van der Waals surface area (Å²) in [4.78, 5) is 27.1. The molecule has 3 heterocycles. The van der Waals surface area contributed by atoms with E-state index < -0.39 is 5.82 Å². The van der Waals surface area contributed by atoms with Crippen molar-refractivity contribution >= 4 is 29.1 Å². The summed E-state index contributed by atoms with van der Waals surface area (Å²) in [5.41, 5.74) is 1.72. The molecule has 0 atom stereocenters. The number of aromatic nitrogens is 4. The topological polar surface area (TPSA) is 85.2 Å². The number of hydrogen-bond acceptors (Lipinski definition) is 6. The first-order valence-electron chi connectivity index (χ1n) is 10.4. The number of aryl methyl sites for hydroxylation is 1. The van der Waals surface area contributed by atoms with Gasteiger partial charge in [0.15, 0.2) is 5.82 Å². The highest BCUT2D eigenvalue weighted by molar-refractivity contribution is 6.34. The van der Waals surface area contributed by atoms with Crippen LogP contribution in [0.15, 0.2) is 30.6 Å². The molecule has 32 heavy (non-hydrogen) atoms. The van der Waals surface area contributed by atoms with Crippen LogP contribution in [-0.4, -0.2) is 56.6 Å². The molecule has 3 aromatic rings. The molecule has 1 aromatic carbocycles. The van der Waals surface area contributed by atoms with Gasteiger partial charge in [0.1, 0.15) is 11.5 Å². The van der Waals surface area contributed by atoms with E-state index in [1.54, 1.807) is 29.3 Å². The largest absolute Gasteiger partial charge is 0.378 e. The monoisotopic (exact) mass is 458 g/mol. The van der Waals surface area contributed by atoms with Gasteiger partial charge in [-0.25, -0.2) is 19.3 Å². The van der Waals surface area contributed by atoms with E-state index in [2.05, 4.69) is 20.3 Å². The molecule has 1 saturated heterocycles. The van der Waals surface area contributed by atoms with Gasteiger partial charge in [0.2, 0.25) is 5.95 Å².